The maximum Gasteiger partial charge on any atom is 0.259 e. The summed E-state index contributed by atoms with van der Waals surface area (Å²) >= 11 is 0. The van der Waals surface area contributed by atoms with Crippen molar-refractivity contribution in [2.75, 3.05) is 5.32 Å². The van der Waals surface area contributed by atoms with Gasteiger partial charge in [-0.3, -0.25) is 19.5 Å². The normalized spacial score (nSPS) is 13.3. The lowest BCUT2D eigenvalue weighted by atomic mass is 10.0. The van der Waals surface area contributed by atoms with Crippen molar-refractivity contribution in [3.05, 3.63) is 65.5 Å². The molecule has 0 spiro atoms. The Morgan fingerprint density at radius 2 is 1.92 bits per heavy atom. The van der Waals surface area contributed by atoms with Gasteiger partial charge in [0.15, 0.2) is 5.65 Å². The van der Waals surface area contributed by atoms with Crippen molar-refractivity contribution in [3.63, 3.8) is 0 Å². The van der Waals surface area contributed by atoms with Gasteiger partial charge in [-0.2, -0.15) is 0 Å². The lowest BCUT2D eigenvalue weighted by Gasteiger charge is -2.12. The molecular weight excluding hydrogens is 314 g/mol. The van der Waals surface area contributed by atoms with E-state index in [1.807, 2.05) is 48.7 Å². The van der Waals surface area contributed by atoms with Crippen LogP contribution in [0.3, 0.4) is 0 Å². The number of para-hydroxylation sites is 1. The Balaban J connectivity index is 1.64. The van der Waals surface area contributed by atoms with E-state index in [4.69, 9.17) is 4.98 Å². The molecule has 1 aliphatic carbocycles. The summed E-state index contributed by atoms with van der Waals surface area (Å²) in [6, 6.07) is 13.4. The van der Waals surface area contributed by atoms with Crippen LogP contribution in [0.4, 0.5) is 5.95 Å². The third-order valence-corrected chi connectivity index (χ3v) is 4.69. The fraction of sp³-hybridized carbons (Fsp3) is 0.158. The number of aromatic nitrogens is 4. The van der Waals surface area contributed by atoms with Crippen LogP contribution in [0.1, 0.15) is 28.0 Å². The number of amides is 1. The lowest BCUT2D eigenvalue weighted by Crippen LogP contribution is -2.17. The van der Waals surface area contributed by atoms with E-state index in [1.165, 1.54) is 0 Å². The molecule has 0 fully saturated rings. The van der Waals surface area contributed by atoms with Crippen LogP contribution in [0.2, 0.25) is 0 Å². The second kappa shape index (κ2) is 5.37. The van der Waals surface area contributed by atoms with Gasteiger partial charge in [0, 0.05) is 17.3 Å². The van der Waals surface area contributed by atoms with Crippen LogP contribution in [-0.2, 0) is 12.8 Å². The average molecular weight is 329 g/mol. The molecule has 0 unspecified atom stereocenters. The molecule has 1 aromatic carbocycles. The third-order valence-electron chi connectivity index (χ3n) is 4.69. The fourth-order valence-electron chi connectivity index (χ4n) is 3.56. The van der Waals surface area contributed by atoms with Gasteiger partial charge in [-0.15, -0.1) is 10.2 Å². The Kier molecular flexibility index (Phi) is 3.03. The van der Waals surface area contributed by atoms with Crippen molar-refractivity contribution in [1.29, 1.82) is 0 Å². The van der Waals surface area contributed by atoms with Gasteiger partial charge in [-0.1, -0.05) is 24.3 Å². The van der Waals surface area contributed by atoms with Crippen LogP contribution >= 0.6 is 0 Å². The molecule has 0 saturated carbocycles. The summed E-state index contributed by atoms with van der Waals surface area (Å²) in [4.78, 5) is 17.8. The van der Waals surface area contributed by atoms with Crippen molar-refractivity contribution < 1.29 is 4.79 Å². The number of pyridine rings is 2. The van der Waals surface area contributed by atoms with E-state index in [9.17, 15) is 4.79 Å². The SMILES string of the molecule is O=C(Nc1nnc2ccccn12)c1c2c(nc3ccccc13)CCC2. The van der Waals surface area contributed by atoms with Gasteiger partial charge >= 0.3 is 0 Å². The third kappa shape index (κ3) is 2.18. The maximum atomic E-state index is 13.1. The highest BCUT2D eigenvalue weighted by atomic mass is 16.1. The second-order valence-corrected chi connectivity index (χ2v) is 6.19. The Bertz CT molecular complexity index is 1130. The molecule has 122 valence electrons. The van der Waals surface area contributed by atoms with Crippen molar-refractivity contribution in [2.45, 2.75) is 19.3 Å². The molecule has 1 aliphatic rings. The van der Waals surface area contributed by atoms with Gasteiger partial charge in [0.05, 0.1) is 11.1 Å². The minimum absolute atomic E-state index is 0.157. The van der Waals surface area contributed by atoms with Crippen LogP contribution in [0, 0.1) is 0 Å². The predicted molar refractivity (Wildman–Crippen MR) is 94.7 cm³/mol. The number of nitrogens with one attached hydrogen (secondary N) is 1. The summed E-state index contributed by atoms with van der Waals surface area (Å²) in [5, 5.41) is 12.0. The molecule has 25 heavy (non-hydrogen) atoms. The molecular formula is C19H15N5O. The van der Waals surface area contributed by atoms with E-state index in [-0.39, 0.29) is 5.91 Å². The number of carbonyl (C=O) groups is 1. The number of anilines is 1. The minimum Gasteiger partial charge on any atom is -0.290 e. The first kappa shape index (κ1) is 14.1. The summed E-state index contributed by atoms with van der Waals surface area (Å²) in [5.74, 6) is 0.267. The van der Waals surface area contributed by atoms with Gasteiger partial charge < -0.3 is 0 Å². The first-order valence-corrected chi connectivity index (χ1v) is 8.33. The monoisotopic (exact) mass is 329 g/mol. The zero-order chi connectivity index (χ0) is 16.8. The number of carbonyl (C=O) groups excluding carboxylic acids is 1. The molecule has 1 amide bonds. The molecule has 0 saturated heterocycles. The van der Waals surface area contributed by atoms with Gasteiger partial charge in [-0.05, 0) is 43.0 Å². The average Bonchev–Trinajstić information content (AvgIpc) is 3.26. The number of hydrogen-bond acceptors (Lipinski definition) is 4. The summed E-state index contributed by atoms with van der Waals surface area (Å²) in [6.45, 7) is 0. The summed E-state index contributed by atoms with van der Waals surface area (Å²) < 4.78 is 1.77. The zero-order valence-corrected chi connectivity index (χ0v) is 13.4. The largest absolute Gasteiger partial charge is 0.290 e. The molecule has 6 nitrogen and oxygen atoms in total. The molecule has 1 N–H and O–H groups in total. The first-order valence-electron chi connectivity index (χ1n) is 8.33. The second-order valence-electron chi connectivity index (χ2n) is 6.19. The lowest BCUT2D eigenvalue weighted by molar-refractivity contribution is 0.102. The molecule has 5 rings (SSSR count). The molecule has 0 atom stereocenters. The minimum atomic E-state index is -0.157. The van der Waals surface area contributed by atoms with E-state index in [0.717, 1.165) is 41.4 Å². The predicted octanol–water partition coefficient (Wildman–Crippen LogP) is 3.02. The zero-order valence-electron chi connectivity index (χ0n) is 13.4. The van der Waals surface area contributed by atoms with Gasteiger partial charge in [-0.25, -0.2) is 0 Å². The van der Waals surface area contributed by atoms with Crippen molar-refractivity contribution in [3.8, 4) is 0 Å². The van der Waals surface area contributed by atoms with E-state index in [0.29, 0.717) is 17.2 Å². The number of hydrogen-bond donors (Lipinski definition) is 1. The summed E-state index contributed by atoms with van der Waals surface area (Å²) in [6.07, 6.45) is 4.68. The van der Waals surface area contributed by atoms with Crippen LogP contribution in [0.5, 0.6) is 0 Å². The van der Waals surface area contributed by atoms with Crippen LogP contribution in [-0.4, -0.2) is 25.5 Å². The van der Waals surface area contributed by atoms with Gasteiger partial charge in [0.2, 0.25) is 5.95 Å². The van der Waals surface area contributed by atoms with Crippen LogP contribution in [0.15, 0.2) is 48.7 Å². The highest BCUT2D eigenvalue weighted by molar-refractivity contribution is 6.13. The Labute approximate surface area is 143 Å². The smallest absolute Gasteiger partial charge is 0.259 e. The maximum absolute atomic E-state index is 13.1. The Morgan fingerprint density at radius 3 is 2.88 bits per heavy atom. The van der Waals surface area contributed by atoms with E-state index < -0.39 is 0 Å². The van der Waals surface area contributed by atoms with Crippen molar-refractivity contribution >= 4 is 28.4 Å². The van der Waals surface area contributed by atoms with Gasteiger partial charge in [0.1, 0.15) is 0 Å². The Morgan fingerprint density at radius 1 is 1.04 bits per heavy atom. The van der Waals surface area contributed by atoms with Crippen molar-refractivity contribution in [1.82, 2.24) is 19.6 Å². The van der Waals surface area contributed by atoms with E-state index in [1.54, 1.807) is 4.40 Å². The van der Waals surface area contributed by atoms with Crippen molar-refractivity contribution in [2.24, 2.45) is 0 Å². The van der Waals surface area contributed by atoms with Gasteiger partial charge in [0.25, 0.3) is 5.91 Å². The van der Waals surface area contributed by atoms with Crippen LogP contribution in [0.25, 0.3) is 16.6 Å². The Hall–Kier alpha value is -3.28. The van der Waals surface area contributed by atoms with E-state index in [2.05, 4.69) is 15.5 Å². The molecule has 3 heterocycles. The first-order chi connectivity index (χ1) is 12.3. The summed E-state index contributed by atoms with van der Waals surface area (Å²) in [5.41, 5.74) is 4.37. The molecule has 0 bridgehead atoms. The number of benzene rings is 1. The number of aryl methyl sites for hydroxylation is 1. The molecule has 0 radical (unpaired) electrons. The molecule has 4 aromatic rings. The standard InChI is InChI=1S/C19H15N5O/c25-18(21-19-23-22-16-10-3-4-11-24(16)19)17-12-6-1-2-8-14(12)20-15-9-5-7-13(15)17/h1-4,6,8,10-11H,5,7,9H2,(H,21,23,25). The molecule has 6 heteroatoms. The number of nitrogens with zero attached hydrogens (tertiary/aromatic N) is 4. The number of fused-ring (bicyclic) bond motifs is 3. The van der Waals surface area contributed by atoms with Crippen LogP contribution < -0.4 is 5.32 Å². The van der Waals surface area contributed by atoms with E-state index >= 15 is 0 Å². The molecule has 3 aromatic heterocycles. The quantitative estimate of drug-likeness (QED) is 0.613. The number of rotatable bonds is 2. The summed E-state index contributed by atoms with van der Waals surface area (Å²) in [7, 11) is 0. The highest BCUT2D eigenvalue weighted by Gasteiger charge is 2.24. The fourth-order valence-corrected chi connectivity index (χ4v) is 3.56. The topological polar surface area (TPSA) is 72.2 Å². The molecule has 0 aliphatic heterocycles. The highest BCUT2D eigenvalue weighted by Crippen LogP contribution is 2.30.